The highest BCUT2D eigenvalue weighted by Gasteiger charge is 2.23. The molecule has 3 aromatic heterocycles. The molecular weight excluding hydrogens is 601 g/mol. The predicted molar refractivity (Wildman–Crippen MR) is 169 cm³/mol. The number of anilines is 1. The number of amides is 3. The van der Waals surface area contributed by atoms with Crippen molar-refractivity contribution in [1.82, 2.24) is 30.4 Å². The molecule has 1 aromatic carbocycles. The first-order chi connectivity index (χ1) is 21.8. The molecule has 6 rings (SSSR count). The molecule has 2 fully saturated rings. The average Bonchev–Trinajstić information content (AvgIpc) is 3.73. The molecule has 0 bridgehead atoms. The van der Waals surface area contributed by atoms with Crippen molar-refractivity contribution in [3.63, 3.8) is 0 Å². The Morgan fingerprint density at radius 1 is 1.09 bits per heavy atom. The first-order valence-corrected chi connectivity index (χ1v) is 15.3. The zero-order valence-electron chi connectivity index (χ0n) is 24.7. The number of halogens is 1. The molecule has 4 heterocycles. The van der Waals surface area contributed by atoms with Gasteiger partial charge in [-0.2, -0.15) is 0 Å². The normalized spacial score (nSPS) is 15.1. The van der Waals surface area contributed by atoms with Gasteiger partial charge >= 0.3 is 6.03 Å². The number of carboxylic acid groups (broad SMARTS) is 1. The number of likely N-dealkylation sites (N-methyl/N-ethyl adjacent to an activating group) is 1. The Bertz CT molecular complexity index is 1640. The van der Waals surface area contributed by atoms with Crippen molar-refractivity contribution in [2.24, 2.45) is 0 Å². The van der Waals surface area contributed by atoms with Crippen LogP contribution in [0.5, 0.6) is 11.5 Å². The quantitative estimate of drug-likeness (QED) is 0.198. The molecule has 2 aliphatic rings. The van der Waals surface area contributed by atoms with Crippen LogP contribution in [-0.4, -0.2) is 95.6 Å². The summed E-state index contributed by atoms with van der Waals surface area (Å²) in [5.41, 5.74) is 2.23. The van der Waals surface area contributed by atoms with E-state index < -0.39 is 5.82 Å². The van der Waals surface area contributed by atoms with Crippen molar-refractivity contribution in [2.45, 2.75) is 18.9 Å². The van der Waals surface area contributed by atoms with Crippen LogP contribution < -0.4 is 20.7 Å². The van der Waals surface area contributed by atoms with E-state index in [1.165, 1.54) is 23.5 Å². The summed E-state index contributed by atoms with van der Waals surface area (Å²) < 4.78 is 21.5. The number of pyridine rings is 2. The summed E-state index contributed by atoms with van der Waals surface area (Å²) in [7, 11) is 2.12. The number of fused-ring (bicyclic) bond motifs is 1. The molecule has 12 nitrogen and oxygen atoms in total. The van der Waals surface area contributed by atoms with Crippen LogP contribution in [0, 0.1) is 5.82 Å². The van der Waals surface area contributed by atoms with Gasteiger partial charge in [-0.3, -0.25) is 24.5 Å². The first kappa shape index (κ1) is 31.8. The van der Waals surface area contributed by atoms with E-state index in [2.05, 4.69) is 42.8 Å². The second kappa shape index (κ2) is 14.9. The molecule has 1 saturated heterocycles. The van der Waals surface area contributed by atoms with Crippen molar-refractivity contribution >= 4 is 45.7 Å². The van der Waals surface area contributed by atoms with Gasteiger partial charge in [0, 0.05) is 75.5 Å². The zero-order valence-corrected chi connectivity index (χ0v) is 25.5. The number of benzene rings is 1. The molecule has 1 aliphatic heterocycles. The lowest BCUT2D eigenvalue weighted by atomic mass is 10.2. The minimum atomic E-state index is -0.597. The summed E-state index contributed by atoms with van der Waals surface area (Å²) in [6.45, 7) is 5.28. The number of nitrogens with zero attached hydrogens (tertiary/aromatic N) is 4. The van der Waals surface area contributed by atoms with Gasteiger partial charge in [0.25, 0.3) is 12.4 Å². The molecule has 3 amide bonds. The Morgan fingerprint density at radius 2 is 1.87 bits per heavy atom. The van der Waals surface area contributed by atoms with E-state index in [1.54, 1.807) is 30.6 Å². The minimum absolute atomic E-state index is 0.0340. The largest absolute Gasteiger partial charge is 0.483 e. The van der Waals surface area contributed by atoms with Crippen LogP contribution in [0.4, 0.5) is 14.9 Å². The molecule has 4 N–H and O–H groups in total. The number of hydrogen-bond acceptors (Lipinski definition) is 9. The van der Waals surface area contributed by atoms with E-state index in [0.29, 0.717) is 34.8 Å². The molecule has 236 valence electrons. The topological polar surface area (TPSA) is 149 Å². The fourth-order valence-corrected chi connectivity index (χ4v) is 5.70. The summed E-state index contributed by atoms with van der Waals surface area (Å²) in [6, 6.07) is 11.3. The van der Waals surface area contributed by atoms with Gasteiger partial charge in [-0.15, -0.1) is 11.3 Å². The second-order valence-electron chi connectivity index (χ2n) is 10.7. The van der Waals surface area contributed by atoms with Gasteiger partial charge < -0.3 is 30.7 Å². The number of aromatic nitrogens is 2. The molecule has 4 aromatic rings. The number of ether oxygens (including phenoxy) is 1. The number of urea groups is 1. The van der Waals surface area contributed by atoms with Crippen LogP contribution >= 0.6 is 11.3 Å². The van der Waals surface area contributed by atoms with Crippen LogP contribution in [0.2, 0.25) is 0 Å². The van der Waals surface area contributed by atoms with Gasteiger partial charge in [0.1, 0.15) is 5.75 Å². The number of carbonyl (C=O) groups excluding carboxylic acids is 2. The highest BCUT2D eigenvalue weighted by Crippen LogP contribution is 2.39. The molecule has 1 aliphatic carbocycles. The number of thiophene rings is 1. The van der Waals surface area contributed by atoms with Crippen molar-refractivity contribution in [3.8, 4) is 22.1 Å². The van der Waals surface area contributed by atoms with E-state index in [9.17, 15) is 14.0 Å². The lowest BCUT2D eigenvalue weighted by Gasteiger charge is -2.32. The van der Waals surface area contributed by atoms with Gasteiger partial charge in [-0.1, -0.05) is 0 Å². The fraction of sp³-hybridized carbons (Fsp3) is 0.323. The van der Waals surface area contributed by atoms with E-state index in [-0.39, 0.29) is 30.2 Å². The van der Waals surface area contributed by atoms with Crippen LogP contribution in [0.1, 0.15) is 23.2 Å². The third-order valence-electron chi connectivity index (χ3n) is 7.29. The third kappa shape index (κ3) is 8.71. The van der Waals surface area contributed by atoms with Gasteiger partial charge in [0.2, 0.25) is 0 Å². The van der Waals surface area contributed by atoms with Gasteiger partial charge in [0.05, 0.1) is 26.4 Å². The van der Waals surface area contributed by atoms with E-state index in [1.807, 2.05) is 12.1 Å². The minimum Gasteiger partial charge on any atom is -0.483 e. The van der Waals surface area contributed by atoms with Gasteiger partial charge in [0.15, 0.2) is 11.6 Å². The summed E-state index contributed by atoms with van der Waals surface area (Å²) in [4.78, 5) is 47.4. The highest BCUT2D eigenvalue weighted by atomic mass is 32.1. The molecule has 0 unspecified atom stereocenters. The molecule has 1 saturated carbocycles. The van der Waals surface area contributed by atoms with Crippen LogP contribution in [0.3, 0.4) is 0 Å². The summed E-state index contributed by atoms with van der Waals surface area (Å²) in [5, 5.41) is 15.3. The van der Waals surface area contributed by atoms with E-state index in [0.717, 1.165) is 55.1 Å². The number of nitrogens with one attached hydrogen (secondary N) is 3. The standard InChI is InChI=1S/C30H32FN7O3S.CH2O2/c1-37-12-14-38(15-13-37)11-10-33-29(39)19-2-6-23(34-18-19)27-17-24-28(42-27)26(8-9-32-24)41-25-7-5-21(16-22(25)31)36-30(40)35-20-3-4-20;2-1-3/h2,5-9,16-18,20H,3-4,10-15H2,1H3,(H,33,39)(H2,35,36,40);1H,(H,2,3). The van der Waals surface area contributed by atoms with Crippen molar-refractivity contribution < 1.29 is 28.6 Å². The summed E-state index contributed by atoms with van der Waals surface area (Å²) in [5.74, 6) is -0.255. The summed E-state index contributed by atoms with van der Waals surface area (Å²) >= 11 is 1.42. The smallest absolute Gasteiger partial charge is 0.319 e. The molecular formula is C31H34FN7O5S. The Balaban J connectivity index is 0.00000128. The maximum absolute atomic E-state index is 14.9. The van der Waals surface area contributed by atoms with E-state index in [4.69, 9.17) is 14.6 Å². The van der Waals surface area contributed by atoms with Gasteiger partial charge in [-0.25, -0.2) is 9.18 Å². The second-order valence-corrected chi connectivity index (χ2v) is 11.7. The monoisotopic (exact) mass is 635 g/mol. The fourth-order valence-electron chi connectivity index (χ4n) is 4.66. The SMILES string of the molecule is CN1CCN(CCNC(=O)c2ccc(-c3cc4nccc(Oc5ccc(NC(=O)NC6CC6)cc5F)c4s3)nc2)CC1.O=CO. The molecule has 0 atom stereocenters. The van der Waals surface area contributed by atoms with E-state index >= 15 is 0 Å². The Hall–Kier alpha value is -4.66. The van der Waals surface area contributed by atoms with Gasteiger partial charge in [-0.05, 0) is 50.2 Å². The summed E-state index contributed by atoms with van der Waals surface area (Å²) in [6.07, 6.45) is 5.12. The predicted octanol–water partition coefficient (Wildman–Crippen LogP) is 4.25. The maximum Gasteiger partial charge on any atom is 0.319 e. The number of carbonyl (C=O) groups is 3. The Kier molecular flexibility index (Phi) is 10.5. The molecule has 0 spiro atoms. The van der Waals surface area contributed by atoms with Crippen molar-refractivity contribution in [1.29, 1.82) is 0 Å². The average molecular weight is 636 g/mol. The highest BCUT2D eigenvalue weighted by molar-refractivity contribution is 7.22. The molecule has 14 heteroatoms. The van der Waals surface area contributed by atoms with Crippen LogP contribution in [-0.2, 0) is 4.79 Å². The number of hydrogen-bond donors (Lipinski definition) is 4. The third-order valence-corrected chi connectivity index (χ3v) is 8.45. The molecule has 0 radical (unpaired) electrons. The molecule has 45 heavy (non-hydrogen) atoms. The van der Waals surface area contributed by atoms with Crippen LogP contribution in [0.25, 0.3) is 20.8 Å². The first-order valence-electron chi connectivity index (χ1n) is 14.5. The number of piperazine rings is 1. The zero-order chi connectivity index (χ0) is 31.8. The maximum atomic E-state index is 14.9. The van der Waals surface area contributed by atoms with Crippen molar-refractivity contribution in [3.05, 3.63) is 66.2 Å². The lowest BCUT2D eigenvalue weighted by Crippen LogP contribution is -2.46. The number of rotatable bonds is 9. The van der Waals surface area contributed by atoms with Crippen molar-refractivity contribution in [2.75, 3.05) is 51.6 Å². The Labute approximate surface area is 263 Å². The van der Waals surface area contributed by atoms with Crippen LogP contribution in [0.15, 0.2) is 54.9 Å². The lowest BCUT2D eigenvalue weighted by molar-refractivity contribution is -0.122. The Morgan fingerprint density at radius 3 is 2.56 bits per heavy atom.